The van der Waals surface area contributed by atoms with E-state index in [1.54, 1.807) is 12.2 Å². The fourth-order valence-corrected chi connectivity index (χ4v) is 3.47. The van der Waals surface area contributed by atoms with Gasteiger partial charge in [-0.25, -0.2) is 8.42 Å². The van der Waals surface area contributed by atoms with Gasteiger partial charge in [0, 0.05) is 11.3 Å². The average molecular weight is 408 g/mol. The summed E-state index contributed by atoms with van der Waals surface area (Å²) in [6, 6.07) is 3.98. The third kappa shape index (κ3) is 8.89. The molecule has 0 bridgehead atoms. The van der Waals surface area contributed by atoms with Crippen LogP contribution in [0.1, 0.15) is 42.1 Å². The van der Waals surface area contributed by atoms with E-state index in [2.05, 4.69) is 5.32 Å². The van der Waals surface area contributed by atoms with Crippen LogP contribution >= 0.6 is 0 Å². The molecule has 0 unspecified atom stereocenters. The van der Waals surface area contributed by atoms with Crippen molar-refractivity contribution in [3.8, 4) is 0 Å². The smallest absolute Gasteiger partial charge is 0.343 e. The highest BCUT2D eigenvalue weighted by Crippen LogP contribution is 2.18. The minimum absolute atomic E-state index is 0.0778. The Labute approximate surface area is 156 Å². The first kappa shape index (κ1) is 22.9. The monoisotopic (exact) mass is 408 g/mol. The van der Waals surface area contributed by atoms with Crippen LogP contribution in [0.4, 0.5) is 18.9 Å². The van der Waals surface area contributed by atoms with Gasteiger partial charge in [-0.3, -0.25) is 9.59 Å². The van der Waals surface area contributed by atoms with Gasteiger partial charge in [0.1, 0.15) is 12.3 Å². The van der Waals surface area contributed by atoms with Gasteiger partial charge < -0.3 is 10.6 Å². The molecular weight excluding hydrogens is 385 g/mol. The molecule has 0 spiro atoms. The molecule has 0 aromatic heterocycles. The Kier molecular flexibility index (Phi) is 8.26. The number of unbranched alkanes of at least 4 members (excludes halogenated alkanes) is 2. The van der Waals surface area contributed by atoms with E-state index < -0.39 is 40.1 Å². The Hall–Kier alpha value is -2.10. The second-order valence-electron chi connectivity index (χ2n) is 6.17. The first-order chi connectivity index (χ1) is 12.4. The molecule has 0 aliphatic heterocycles. The van der Waals surface area contributed by atoms with Crippen LogP contribution in [0.3, 0.4) is 0 Å². The fraction of sp³-hybridized carbons (Fsp3) is 0.529. The summed E-state index contributed by atoms with van der Waals surface area (Å²) in [6.45, 7) is 2.07. The first-order valence-corrected chi connectivity index (χ1v) is 10.2. The summed E-state index contributed by atoms with van der Waals surface area (Å²) in [5, 5.41) is 4.14. The van der Waals surface area contributed by atoms with Crippen LogP contribution < -0.4 is 10.6 Å². The van der Waals surface area contributed by atoms with Crippen LogP contribution in [-0.4, -0.2) is 44.5 Å². The van der Waals surface area contributed by atoms with E-state index in [9.17, 15) is 31.2 Å². The predicted molar refractivity (Wildman–Crippen MR) is 96.4 cm³/mol. The maximum Gasteiger partial charge on any atom is 0.405 e. The van der Waals surface area contributed by atoms with Crippen molar-refractivity contribution in [3.63, 3.8) is 0 Å². The van der Waals surface area contributed by atoms with Crippen molar-refractivity contribution >= 4 is 27.3 Å². The van der Waals surface area contributed by atoms with Crippen molar-refractivity contribution < 1.29 is 31.2 Å². The quantitative estimate of drug-likeness (QED) is 0.615. The van der Waals surface area contributed by atoms with Gasteiger partial charge in [-0.1, -0.05) is 25.8 Å². The van der Waals surface area contributed by atoms with Crippen LogP contribution in [0, 0.1) is 6.92 Å². The molecular formula is C17H23F3N2O4S. The van der Waals surface area contributed by atoms with E-state index >= 15 is 0 Å². The summed E-state index contributed by atoms with van der Waals surface area (Å²) in [5.74, 6) is -2.49. The minimum Gasteiger partial charge on any atom is -0.343 e. The number of benzene rings is 1. The number of rotatable bonds is 9. The SMILES string of the molecule is CCCCCS(=O)(=O)CC(=O)Nc1cc(C(=O)NCC(F)(F)F)ccc1C. The standard InChI is InChI=1S/C17H23F3N2O4S/c1-3-4-5-8-27(25,26)10-15(23)22-14-9-13(7-6-12(14)2)16(24)21-11-17(18,19)20/h6-7,9H,3-5,8,10-11H2,1-2H3,(H,21,24)(H,22,23). The van der Waals surface area contributed by atoms with Crippen LogP contribution in [0.25, 0.3) is 0 Å². The molecule has 0 aliphatic carbocycles. The number of carbonyl (C=O) groups is 2. The molecule has 1 aromatic carbocycles. The Morgan fingerprint density at radius 2 is 1.81 bits per heavy atom. The van der Waals surface area contributed by atoms with Gasteiger partial charge in [0.05, 0.1) is 5.75 Å². The highest BCUT2D eigenvalue weighted by atomic mass is 32.2. The van der Waals surface area contributed by atoms with Crippen molar-refractivity contribution in [1.29, 1.82) is 0 Å². The third-order valence-corrected chi connectivity index (χ3v) is 5.25. The number of nitrogens with one attached hydrogen (secondary N) is 2. The molecule has 1 rings (SSSR count). The molecule has 0 radical (unpaired) electrons. The Balaban J connectivity index is 2.77. The van der Waals surface area contributed by atoms with Crippen molar-refractivity contribution in [2.45, 2.75) is 39.3 Å². The van der Waals surface area contributed by atoms with Gasteiger partial charge >= 0.3 is 6.18 Å². The lowest BCUT2D eigenvalue weighted by Gasteiger charge is -2.12. The number of amides is 2. The van der Waals surface area contributed by atoms with Gasteiger partial charge in [0.25, 0.3) is 5.91 Å². The van der Waals surface area contributed by atoms with Crippen molar-refractivity contribution in [2.75, 3.05) is 23.4 Å². The van der Waals surface area contributed by atoms with Crippen LogP contribution in [0.5, 0.6) is 0 Å². The summed E-state index contributed by atoms with van der Waals surface area (Å²) >= 11 is 0. The third-order valence-electron chi connectivity index (χ3n) is 3.63. The zero-order valence-electron chi connectivity index (χ0n) is 15.1. The van der Waals surface area contributed by atoms with Gasteiger partial charge in [-0.05, 0) is 31.0 Å². The molecule has 0 saturated carbocycles. The van der Waals surface area contributed by atoms with Crippen LogP contribution in [-0.2, 0) is 14.6 Å². The molecule has 0 saturated heterocycles. The number of aryl methyl sites for hydroxylation is 1. The summed E-state index contributed by atoms with van der Waals surface area (Å²) in [6.07, 6.45) is -2.47. The maximum absolute atomic E-state index is 12.2. The van der Waals surface area contributed by atoms with Crippen molar-refractivity contribution in [3.05, 3.63) is 29.3 Å². The zero-order chi connectivity index (χ0) is 20.7. The van der Waals surface area contributed by atoms with E-state index in [-0.39, 0.29) is 17.0 Å². The molecule has 2 N–H and O–H groups in total. The van der Waals surface area contributed by atoms with Gasteiger partial charge in [-0.2, -0.15) is 13.2 Å². The van der Waals surface area contributed by atoms with Crippen LogP contribution in [0.2, 0.25) is 0 Å². The van der Waals surface area contributed by atoms with Crippen molar-refractivity contribution in [2.24, 2.45) is 0 Å². The number of alkyl halides is 3. The maximum atomic E-state index is 12.2. The van der Waals surface area contributed by atoms with Crippen molar-refractivity contribution in [1.82, 2.24) is 5.32 Å². The molecule has 2 amide bonds. The summed E-state index contributed by atoms with van der Waals surface area (Å²) in [4.78, 5) is 23.8. The molecule has 0 heterocycles. The summed E-state index contributed by atoms with van der Waals surface area (Å²) < 4.78 is 60.4. The zero-order valence-corrected chi connectivity index (χ0v) is 16.0. The molecule has 27 heavy (non-hydrogen) atoms. The number of hydrogen-bond donors (Lipinski definition) is 2. The van der Waals surface area contributed by atoms with Gasteiger partial charge in [0.2, 0.25) is 5.91 Å². The molecule has 0 fully saturated rings. The molecule has 6 nitrogen and oxygen atoms in total. The number of hydrogen-bond acceptors (Lipinski definition) is 4. The fourth-order valence-electron chi connectivity index (χ4n) is 2.21. The topological polar surface area (TPSA) is 92.3 Å². The second kappa shape index (κ2) is 9.72. The highest BCUT2D eigenvalue weighted by molar-refractivity contribution is 7.92. The Morgan fingerprint density at radius 3 is 2.41 bits per heavy atom. The van der Waals surface area contributed by atoms with E-state index in [1.807, 2.05) is 6.92 Å². The summed E-state index contributed by atoms with van der Waals surface area (Å²) in [7, 11) is -3.55. The Bertz CT molecular complexity index is 777. The lowest BCUT2D eigenvalue weighted by atomic mass is 10.1. The van der Waals surface area contributed by atoms with Crippen LogP contribution in [0.15, 0.2) is 18.2 Å². The van der Waals surface area contributed by atoms with E-state index in [1.165, 1.54) is 18.2 Å². The van der Waals surface area contributed by atoms with Gasteiger partial charge in [-0.15, -0.1) is 0 Å². The number of anilines is 1. The lowest BCUT2D eigenvalue weighted by Crippen LogP contribution is -2.33. The molecule has 152 valence electrons. The van der Waals surface area contributed by atoms with E-state index in [4.69, 9.17) is 0 Å². The molecule has 1 aromatic rings. The number of carbonyl (C=O) groups excluding carboxylic acids is 2. The highest BCUT2D eigenvalue weighted by Gasteiger charge is 2.28. The minimum atomic E-state index is -4.54. The van der Waals surface area contributed by atoms with E-state index in [0.29, 0.717) is 12.0 Å². The molecule has 10 heteroatoms. The normalized spacial score (nSPS) is 11.9. The second-order valence-corrected chi connectivity index (χ2v) is 8.36. The summed E-state index contributed by atoms with van der Waals surface area (Å²) in [5.41, 5.74) is 0.633. The van der Waals surface area contributed by atoms with E-state index in [0.717, 1.165) is 12.8 Å². The average Bonchev–Trinajstić information content (AvgIpc) is 2.53. The first-order valence-electron chi connectivity index (χ1n) is 8.39. The largest absolute Gasteiger partial charge is 0.405 e. The number of sulfone groups is 1. The predicted octanol–water partition coefficient (Wildman–Crippen LogP) is 2.83. The lowest BCUT2D eigenvalue weighted by molar-refractivity contribution is -0.123. The number of halogens is 3. The Morgan fingerprint density at radius 1 is 1.15 bits per heavy atom. The van der Waals surface area contributed by atoms with Gasteiger partial charge in [0.15, 0.2) is 9.84 Å². The molecule has 0 atom stereocenters. The molecule has 0 aliphatic rings.